The number of benzene rings is 1. The number of hydrogen-bond acceptors (Lipinski definition) is 2. The lowest BCUT2D eigenvalue weighted by Gasteiger charge is -2.11. The van der Waals surface area contributed by atoms with Gasteiger partial charge in [-0.05, 0) is 23.0 Å². The molecule has 1 saturated carbocycles. The van der Waals surface area contributed by atoms with E-state index in [0.29, 0.717) is 0 Å². The maximum Gasteiger partial charge on any atom is 0.182 e. The van der Waals surface area contributed by atoms with Crippen LogP contribution in [0.5, 0.6) is 0 Å². The molecule has 1 aromatic rings. The van der Waals surface area contributed by atoms with Crippen LogP contribution in [0.2, 0.25) is 0 Å². The van der Waals surface area contributed by atoms with Gasteiger partial charge in [0.1, 0.15) is 4.99 Å². The van der Waals surface area contributed by atoms with E-state index in [4.69, 9.17) is 5.73 Å². The second-order valence-electron chi connectivity index (χ2n) is 6.17. The van der Waals surface area contributed by atoms with E-state index in [9.17, 15) is 8.78 Å². The van der Waals surface area contributed by atoms with Crippen LogP contribution in [0.3, 0.4) is 0 Å². The van der Waals surface area contributed by atoms with E-state index < -0.39 is 11.6 Å². The highest BCUT2D eigenvalue weighted by Gasteiger charge is 2.65. The van der Waals surface area contributed by atoms with E-state index in [1.807, 2.05) is 0 Å². The van der Waals surface area contributed by atoms with Gasteiger partial charge in [-0.1, -0.05) is 39.9 Å². The van der Waals surface area contributed by atoms with E-state index >= 15 is 0 Å². The Kier molecular flexibility index (Phi) is 3.08. The van der Waals surface area contributed by atoms with Gasteiger partial charge >= 0.3 is 0 Å². The third kappa shape index (κ3) is 2.00. The minimum Gasteiger partial charge on any atom is -0.389 e. The van der Waals surface area contributed by atoms with E-state index in [1.165, 1.54) is 12.1 Å². The summed E-state index contributed by atoms with van der Waals surface area (Å²) >= 11 is 4.68. The summed E-state index contributed by atoms with van der Waals surface area (Å²) in [5.41, 5.74) is 5.51. The van der Waals surface area contributed by atoms with Crippen molar-refractivity contribution in [1.29, 1.82) is 0 Å². The molecular weight excluding hydrogens is 266 g/mol. The van der Waals surface area contributed by atoms with Crippen LogP contribution < -0.4 is 11.1 Å². The molecule has 2 rings (SSSR count). The third-order valence-electron chi connectivity index (χ3n) is 4.67. The molecule has 0 amide bonds. The maximum absolute atomic E-state index is 14.0. The topological polar surface area (TPSA) is 38.0 Å². The summed E-state index contributed by atoms with van der Waals surface area (Å²) in [5.74, 6) is -1.92. The molecule has 0 aliphatic heterocycles. The van der Waals surface area contributed by atoms with Gasteiger partial charge < -0.3 is 11.1 Å². The first-order valence-corrected chi connectivity index (χ1v) is 6.56. The van der Waals surface area contributed by atoms with E-state index in [0.717, 1.165) is 0 Å². The molecule has 1 aliphatic carbocycles. The Bertz CT molecular complexity index is 539. The Morgan fingerprint density at radius 1 is 1.16 bits per heavy atom. The molecule has 104 valence electrons. The predicted molar refractivity (Wildman–Crippen MR) is 77.2 cm³/mol. The summed E-state index contributed by atoms with van der Waals surface area (Å²) in [4.78, 5) is -0.143. The fourth-order valence-corrected chi connectivity index (χ4v) is 2.72. The summed E-state index contributed by atoms with van der Waals surface area (Å²) in [7, 11) is 0. The summed E-state index contributed by atoms with van der Waals surface area (Å²) < 4.78 is 27.7. The van der Waals surface area contributed by atoms with Crippen LogP contribution in [-0.2, 0) is 0 Å². The SMILES string of the molecule is CC1(C)C(Nc2ccc(C(N)=S)c(F)c2F)C1(C)C. The summed E-state index contributed by atoms with van der Waals surface area (Å²) in [6.45, 7) is 8.40. The molecule has 5 heteroatoms. The zero-order chi connectivity index (χ0) is 14.6. The molecular formula is C14H18F2N2S. The van der Waals surface area contributed by atoms with Crippen molar-refractivity contribution in [2.75, 3.05) is 5.32 Å². The highest BCUT2D eigenvalue weighted by molar-refractivity contribution is 7.80. The van der Waals surface area contributed by atoms with Crippen molar-refractivity contribution in [1.82, 2.24) is 0 Å². The number of hydrogen-bond donors (Lipinski definition) is 2. The Morgan fingerprint density at radius 3 is 2.11 bits per heavy atom. The van der Waals surface area contributed by atoms with E-state index in [-0.39, 0.29) is 33.1 Å². The van der Waals surface area contributed by atoms with Gasteiger partial charge in [-0.15, -0.1) is 0 Å². The standard InChI is InChI=1S/C14H18F2N2S/c1-13(2)12(14(13,3)4)18-8-6-5-7(11(17)19)9(15)10(8)16/h5-6,12,18H,1-4H3,(H2,17,19). The molecule has 1 fully saturated rings. The van der Waals surface area contributed by atoms with Crippen molar-refractivity contribution < 1.29 is 8.78 Å². The second kappa shape index (κ2) is 4.13. The quantitative estimate of drug-likeness (QED) is 0.835. The first-order chi connectivity index (χ1) is 8.60. The van der Waals surface area contributed by atoms with Crippen molar-refractivity contribution in [3.63, 3.8) is 0 Å². The normalized spacial score (nSPS) is 20.1. The zero-order valence-electron chi connectivity index (χ0n) is 11.5. The lowest BCUT2D eigenvalue weighted by molar-refractivity contribution is 0.457. The van der Waals surface area contributed by atoms with Gasteiger partial charge in [0.25, 0.3) is 0 Å². The van der Waals surface area contributed by atoms with Gasteiger partial charge in [0.15, 0.2) is 11.6 Å². The van der Waals surface area contributed by atoms with Gasteiger partial charge in [-0.3, -0.25) is 0 Å². The van der Waals surface area contributed by atoms with Crippen molar-refractivity contribution >= 4 is 22.9 Å². The molecule has 0 heterocycles. The Morgan fingerprint density at radius 2 is 1.68 bits per heavy atom. The van der Waals surface area contributed by atoms with Crippen molar-refractivity contribution in [2.45, 2.75) is 33.7 Å². The first kappa shape index (κ1) is 14.2. The molecule has 0 radical (unpaired) electrons. The lowest BCUT2D eigenvalue weighted by atomic mass is 10.0. The van der Waals surface area contributed by atoms with Crippen LogP contribution in [-0.4, -0.2) is 11.0 Å². The molecule has 3 N–H and O–H groups in total. The second-order valence-corrected chi connectivity index (χ2v) is 6.61. The smallest absolute Gasteiger partial charge is 0.182 e. The van der Waals surface area contributed by atoms with Crippen LogP contribution in [0.15, 0.2) is 12.1 Å². The number of nitrogens with two attached hydrogens (primary N) is 1. The molecule has 0 aromatic heterocycles. The zero-order valence-corrected chi connectivity index (χ0v) is 12.3. The highest BCUT2D eigenvalue weighted by Crippen LogP contribution is 2.63. The first-order valence-electron chi connectivity index (χ1n) is 6.15. The van der Waals surface area contributed by atoms with Gasteiger partial charge in [0.05, 0.1) is 5.69 Å². The van der Waals surface area contributed by atoms with Crippen LogP contribution in [0, 0.1) is 22.5 Å². The monoisotopic (exact) mass is 284 g/mol. The molecule has 2 nitrogen and oxygen atoms in total. The average molecular weight is 284 g/mol. The minimum atomic E-state index is -0.992. The molecule has 1 aromatic carbocycles. The molecule has 19 heavy (non-hydrogen) atoms. The Hall–Kier alpha value is -1.23. The number of nitrogens with one attached hydrogen (secondary N) is 1. The number of rotatable bonds is 3. The molecule has 0 atom stereocenters. The van der Waals surface area contributed by atoms with Crippen LogP contribution >= 0.6 is 12.2 Å². The van der Waals surface area contributed by atoms with Crippen LogP contribution in [0.1, 0.15) is 33.3 Å². The third-order valence-corrected chi connectivity index (χ3v) is 4.89. The number of halogens is 2. The highest BCUT2D eigenvalue weighted by atomic mass is 32.1. The Labute approximate surface area is 117 Å². The fourth-order valence-electron chi connectivity index (χ4n) is 2.56. The van der Waals surface area contributed by atoms with E-state index in [1.54, 1.807) is 0 Å². The van der Waals surface area contributed by atoms with Crippen LogP contribution in [0.25, 0.3) is 0 Å². The number of anilines is 1. The number of thiocarbonyl (C=S) groups is 1. The molecule has 0 spiro atoms. The minimum absolute atomic E-state index is 0.0394. The summed E-state index contributed by atoms with van der Waals surface area (Å²) in [5, 5.41) is 3.07. The van der Waals surface area contributed by atoms with E-state index in [2.05, 4.69) is 45.2 Å². The average Bonchev–Trinajstić information content (AvgIpc) is 2.66. The maximum atomic E-state index is 14.0. The van der Waals surface area contributed by atoms with Gasteiger partial charge in [-0.2, -0.15) is 0 Å². The summed E-state index contributed by atoms with van der Waals surface area (Å²) in [6, 6.07) is 2.99. The fraction of sp³-hybridized carbons (Fsp3) is 0.500. The van der Waals surface area contributed by atoms with Gasteiger partial charge in [0.2, 0.25) is 0 Å². The lowest BCUT2D eigenvalue weighted by Crippen LogP contribution is -2.16. The van der Waals surface area contributed by atoms with Crippen molar-refractivity contribution in [3.05, 3.63) is 29.3 Å². The Balaban J connectivity index is 2.30. The van der Waals surface area contributed by atoms with Gasteiger partial charge in [0, 0.05) is 11.6 Å². The largest absolute Gasteiger partial charge is 0.389 e. The molecule has 0 bridgehead atoms. The summed E-state index contributed by atoms with van der Waals surface area (Å²) in [6.07, 6.45) is 0. The van der Waals surface area contributed by atoms with Crippen LogP contribution in [0.4, 0.5) is 14.5 Å². The van der Waals surface area contributed by atoms with Crippen molar-refractivity contribution in [3.8, 4) is 0 Å². The molecule has 1 aliphatic rings. The van der Waals surface area contributed by atoms with Gasteiger partial charge in [-0.25, -0.2) is 8.78 Å². The molecule has 0 saturated heterocycles. The predicted octanol–water partition coefficient (Wildman–Crippen LogP) is 3.45. The molecule has 0 unspecified atom stereocenters. The van der Waals surface area contributed by atoms with Crippen molar-refractivity contribution in [2.24, 2.45) is 16.6 Å².